The molecule has 0 spiro atoms. The monoisotopic (exact) mass is 419 g/mol. The number of benzene rings is 1. The minimum atomic E-state index is -0.189. The van der Waals surface area contributed by atoms with E-state index in [0.29, 0.717) is 27.1 Å². The zero-order valence-corrected chi connectivity index (χ0v) is 17.2. The van der Waals surface area contributed by atoms with Crippen molar-refractivity contribution >= 4 is 23.0 Å². The van der Waals surface area contributed by atoms with Crippen LogP contribution in [0.3, 0.4) is 0 Å². The second-order valence-corrected chi connectivity index (χ2v) is 8.13. The van der Waals surface area contributed by atoms with E-state index < -0.39 is 0 Å². The van der Waals surface area contributed by atoms with Crippen LogP contribution >= 0.6 is 11.3 Å². The number of rotatable bonds is 4. The molecule has 2 aromatic heterocycles. The van der Waals surface area contributed by atoms with Gasteiger partial charge in [-0.2, -0.15) is 5.26 Å². The van der Waals surface area contributed by atoms with Crippen molar-refractivity contribution in [3.05, 3.63) is 73.7 Å². The van der Waals surface area contributed by atoms with Gasteiger partial charge in [0.15, 0.2) is 5.82 Å². The molecule has 7 nitrogen and oxygen atoms in total. The lowest BCUT2D eigenvalue weighted by Gasteiger charge is -2.06. The Balaban J connectivity index is 1.97. The number of aromatic nitrogens is 4. The zero-order valence-electron chi connectivity index (χ0n) is 16.4. The number of hydrogen-bond donors (Lipinski definition) is 1. The fraction of sp³-hybridized carbons (Fsp3) is 0.273. The number of hydrogen-bond acceptors (Lipinski definition) is 6. The third kappa shape index (κ3) is 3.72. The normalized spacial score (nSPS) is 15.2. The average molecular weight is 420 g/mol. The summed E-state index contributed by atoms with van der Waals surface area (Å²) in [5, 5.41) is 28.1. The molecule has 0 aliphatic carbocycles. The number of allylic oxidation sites excluding steroid dienone is 1. The van der Waals surface area contributed by atoms with Crippen molar-refractivity contribution in [2.45, 2.75) is 38.8 Å². The third-order valence-electron chi connectivity index (χ3n) is 5.07. The Kier molecular flexibility index (Phi) is 5.63. The molecule has 1 N–H and O–H groups in total. The third-order valence-corrected chi connectivity index (χ3v) is 6.20. The Morgan fingerprint density at radius 2 is 2.07 bits per heavy atom. The molecule has 3 heterocycles. The predicted molar refractivity (Wildman–Crippen MR) is 115 cm³/mol. The minimum Gasteiger partial charge on any atom is -0.508 e. The Bertz CT molecular complexity index is 1310. The smallest absolute Gasteiger partial charge is 0.269 e. The van der Waals surface area contributed by atoms with E-state index in [1.807, 2.05) is 4.57 Å². The maximum Gasteiger partial charge on any atom is 0.269 e. The average Bonchev–Trinajstić information content (AvgIpc) is 3.17. The first-order valence-electron chi connectivity index (χ1n) is 9.80. The zero-order chi connectivity index (χ0) is 21.1. The van der Waals surface area contributed by atoms with Crippen LogP contribution in [-0.4, -0.2) is 24.4 Å². The maximum atomic E-state index is 13.1. The van der Waals surface area contributed by atoms with Crippen LogP contribution in [0.2, 0.25) is 0 Å². The van der Waals surface area contributed by atoms with Gasteiger partial charge in [0, 0.05) is 19.5 Å². The van der Waals surface area contributed by atoms with Gasteiger partial charge in [0.2, 0.25) is 0 Å². The fourth-order valence-corrected chi connectivity index (χ4v) is 4.69. The molecular weight excluding hydrogens is 398 g/mol. The highest BCUT2D eigenvalue weighted by Crippen LogP contribution is 2.18. The Labute approximate surface area is 177 Å². The highest BCUT2D eigenvalue weighted by Gasteiger charge is 2.20. The summed E-state index contributed by atoms with van der Waals surface area (Å²) in [6, 6.07) is 8.88. The Morgan fingerprint density at radius 1 is 1.27 bits per heavy atom. The van der Waals surface area contributed by atoms with Gasteiger partial charge < -0.3 is 9.67 Å². The molecule has 0 saturated carbocycles. The van der Waals surface area contributed by atoms with Crippen molar-refractivity contribution < 1.29 is 5.11 Å². The van der Waals surface area contributed by atoms with Crippen LogP contribution in [0.25, 0.3) is 11.6 Å². The molecule has 0 radical (unpaired) electrons. The second-order valence-electron chi connectivity index (χ2n) is 7.10. The molecule has 0 fully saturated rings. The van der Waals surface area contributed by atoms with Crippen molar-refractivity contribution in [1.29, 1.82) is 5.26 Å². The lowest BCUT2D eigenvalue weighted by Crippen LogP contribution is -2.32. The van der Waals surface area contributed by atoms with Crippen molar-refractivity contribution in [3.63, 3.8) is 0 Å². The number of fused-ring (bicyclic) bond motifs is 1. The molecule has 0 bridgehead atoms. The summed E-state index contributed by atoms with van der Waals surface area (Å²) in [5.41, 5.74) is 0.953. The van der Waals surface area contributed by atoms with Crippen molar-refractivity contribution in [1.82, 2.24) is 19.3 Å². The molecule has 1 aliphatic heterocycles. The van der Waals surface area contributed by atoms with Crippen LogP contribution in [0.1, 0.15) is 36.5 Å². The molecule has 30 heavy (non-hydrogen) atoms. The van der Waals surface area contributed by atoms with Gasteiger partial charge in [-0.1, -0.05) is 24.6 Å². The first-order chi connectivity index (χ1) is 14.6. The molecule has 1 aromatic carbocycles. The van der Waals surface area contributed by atoms with E-state index in [4.69, 9.17) is 0 Å². The van der Waals surface area contributed by atoms with E-state index in [1.54, 1.807) is 41.0 Å². The topological polar surface area (TPSA) is 96.7 Å². The number of nitriles is 1. The molecule has 0 amide bonds. The molecule has 0 unspecified atom stereocenters. The van der Waals surface area contributed by atoms with E-state index in [2.05, 4.69) is 22.8 Å². The number of aryl methyl sites for hydroxylation is 1. The van der Waals surface area contributed by atoms with Gasteiger partial charge in [-0.25, -0.2) is 0 Å². The summed E-state index contributed by atoms with van der Waals surface area (Å²) in [7, 11) is 0. The standard InChI is InChI=1S/C22H21N5O2S/c1-2-11-27-21(29)18(13-15-7-9-16(28)10-8-15)30-22(27)17(14-23)20-25-24-19-6-4-3-5-12-26(19)20/h2,7-10,13,28H,1,3-6,11-12H2/b18-13?,22-17-. The minimum absolute atomic E-state index is 0.163. The number of thiazole rings is 1. The summed E-state index contributed by atoms with van der Waals surface area (Å²) in [6.45, 7) is 4.82. The van der Waals surface area contributed by atoms with Crippen molar-refractivity contribution in [3.8, 4) is 11.8 Å². The number of phenolic OH excluding ortho intramolecular Hbond substituents is 1. The predicted octanol–water partition coefficient (Wildman–Crippen LogP) is 1.67. The molecular formula is C22H21N5O2S. The summed E-state index contributed by atoms with van der Waals surface area (Å²) in [6.07, 6.45) is 7.44. The van der Waals surface area contributed by atoms with Gasteiger partial charge in [0.1, 0.15) is 27.9 Å². The summed E-state index contributed by atoms with van der Waals surface area (Å²) in [5.74, 6) is 1.57. The van der Waals surface area contributed by atoms with E-state index in [0.717, 1.165) is 43.6 Å². The van der Waals surface area contributed by atoms with Crippen LogP contribution in [0.5, 0.6) is 5.75 Å². The second kappa shape index (κ2) is 8.51. The van der Waals surface area contributed by atoms with Crippen molar-refractivity contribution in [2.75, 3.05) is 0 Å². The van der Waals surface area contributed by atoms with E-state index >= 15 is 0 Å². The van der Waals surface area contributed by atoms with Crippen LogP contribution in [0.15, 0.2) is 41.7 Å². The highest BCUT2D eigenvalue weighted by atomic mass is 32.1. The molecule has 4 rings (SSSR count). The van der Waals surface area contributed by atoms with Gasteiger partial charge in [0.25, 0.3) is 5.56 Å². The van der Waals surface area contributed by atoms with Gasteiger partial charge in [-0.15, -0.1) is 28.1 Å². The first kappa shape index (κ1) is 19.9. The van der Waals surface area contributed by atoms with Crippen LogP contribution < -0.4 is 14.8 Å². The summed E-state index contributed by atoms with van der Waals surface area (Å²) in [4.78, 5) is 13.1. The van der Waals surface area contributed by atoms with Crippen molar-refractivity contribution in [2.24, 2.45) is 0 Å². The van der Waals surface area contributed by atoms with Crippen LogP contribution in [0.4, 0.5) is 0 Å². The maximum absolute atomic E-state index is 13.1. The summed E-state index contributed by atoms with van der Waals surface area (Å²) >= 11 is 1.26. The van der Waals surface area contributed by atoms with Gasteiger partial charge >= 0.3 is 0 Å². The molecule has 8 heteroatoms. The SMILES string of the molecule is C=CCn1c(=O)c(=Cc2ccc(O)cc2)s/c1=C(/C#N)c1nnc2n1CCCCC2. The number of nitrogens with zero attached hydrogens (tertiary/aromatic N) is 5. The number of aromatic hydroxyl groups is 1. The summed E-state index contributed by atoms with van der Waals surface area (Å²) < 4.78 is 4.62. The van der Waals surface area contributed by atoms with Gasteiger partial charge in [0.05, 0.1) is 4.53 Å². The van der Waals surface area contributed by atoms with E-state index in [9.17, 15) is 15.2 Å². The lowest BCUT2D eigenvalue weighted by molar-refractivity contribution is 0.475. The fourth-order valence-electron chi connectivity index (χ4n) is 3.59. The lowest BCUT2D eigenvalue weighted by atomic mass is 10.2. The van der Waals surface area contributed by atoms with Crippen LogP contribution in [0, 0.1) is 11.3 Å². The molecule has 1 aliphatic rings. The first-order valence-corrected chi connectivity index (χ1v) is 10.6. The molecule has 3 aromatic rings. The van der Waals surface area contributed by atoms with Gasteiger partial charge in [-0.05, 0) is 36.6 Å². The quantitative estimate of drug-likeness (QED) is 0.649. The highest BCUT2D eigenvalue weighted by molar-refractivity contribution is 7.07. The van der Waals surface area contributed by atoms with E-state index in [-0.39, 0.29) is 11.3 Å². The Morgan fingerprint density at radius 3 is 2.80 bits per heavy atom. The van der Waals surface area contributed by atoms with Crippen LogP contribution in [-0.2, 0) is 19.5 Å². The molecule has 0 atom stereocenters. The molecule has 0 saturated heterocycles. The van der Waals surface area contributed by atoms with E-state index in [1.165, 1.54) is 11.3 Å². The largest absolute Gasteiger partial charge is 0.508 e. The van der Waals surface area contributed by atoms with Gasteiger partial charge in [-0.3, -0.25) is 9.36 Å². The number of phenols is 1. The Hall–Kier alpha value is -3.44. The molecule has 152 valence electrons.